The van der Waals surface area contributed by atoms with Gasteiger partial charge in [-0.15, -0.1) is 5.10 Å². The number of aromatic nitrogens is 3. The van der Waals surface area contributed by atoms with Crippen molar-refractivity contribution in [1.82, 2.24) is 19.9 Å². The summed E-state index contributed by atoms with van der Waals surface area (Å²) in [6, 6.07) is 0. The highest BCUT2D eigenvalue weighted by Crippen LogP contribution is 2.19. The number of aryl methyl sites for hydroxylation is 1. The molecule has 0 spiro atoms. The molecule has 20 heavy (non-hydrogen) atoms. The van der Waals surface area contributed by atoms with Gasteiger partial charge in [0.15, 0.2) is 0 Å². The predicted molar refractivity (Wildman–Crippen MR) is 77.0 cm³/mol. The highest BCUT2D eigenvalue weighted by Gasteiger charge is 2.22. The predicted octanol–water partition coefficient (Wildman–Crippen LogP) is 0.818. The first-order chi connectivity index (χ1) is 9.72. The van der Waals surface area contributed by atoms with Gasteiger partial charge in [0, 0.05) is 25.8 Å². The van der Waals surface area contributed by atoms with Crippen LogP contribution in [0, 0.1) is 5.92 Å². The number of carbonyl (C=O) groups is 1. The van der Waals surface area contributed by atoms with Crippen molar-refractivity contribution in [1.29, 1.82) is 0 Å². The zero-order valence-corrected chi connectivity index (χ0v) is 12.3. The molecule has 1 saturated heterocycles. The standard InChI is InChI=1S/C14H25N5O/c1-2-3-4-13-11-19(17-16-13)10-12-5-7-18(8-6-12)14(20)9-15/h11-12H,2-10,15H2,1H3. The molecule has 1 aromatic heterocycles. The summed E-state index contributed by atoms with van der Waals surface area (Å²) in [6.07, 6.45) is 7.47. The number of piperidine rings is 1. The minimum atomic E-state index is 0.0612. The molecule has 2 rings (SSSR count). The molecule has 0 aromatic carbocycles. The molecule has 0 saturated carbocycles. The van der Waals surface area contributed by atoms with Gasteiger partial charge >= 0.3 is 0 Å². The third-order valence-corrected chi connectivity index (χ3v) is 3.96. The minimum Gasteiger partial charge on any atom is -0.342 e. The SMILES string of the molecule is CCCCc1cn(CC2CCN(C(=O)CN)CC2)nn1. The van der Waals surface area contributed by atoms with Crippen molar-refractivity contribution in [2.45, 2.75) is 45.6 Å². The van der Waals surface area contributed by atoms with Crippen molar-refractivity contribution in [3.05, 3.63) is 11.9 Å². The fourth-order valence-corrected chi connectivity index (χ4v) is 2.66. The Morgan fingerprint density at radius 2 is 2.20 bits per heavy atom. The normalized spacial score (nSPS) is 16.6. The van der Waals surface area contributed by atoms with Crippen LogP contribution >= 0.6 is 0 Å². The molecule has 0 atom stereocenters. The van der Waals surface area contributed by atoms with E-state index in [2.05, 4.69) is 23.4 Å². The molecule has 1 amide bonds. The Hall–Kier alpha value is -1.43. The number of unbranched alkanes of at least 4 members (excludes halogenated alkanes) is 1. The van der Waals surface area contributed by atoms with E-state index in [1.54, 1.807) is 0 Å². The lowest BCUT2D eigenvalue weighted by Gasteiger charge is -2.31. The number of hydrogen-bond acceptors (Lipinski definition) is 4. The lowest BCUT2D eigenvalue weighted by Crippen LogP contribution is -2.42. The molecule has 1 aromatic rings. The summed E-state index contributed by atoms with van der Waals surface area (Å²) in [4.78, 5) is 13.4. The smallest absolute Gasteiger partial charge is 0.236 e. The lowest BCUT2D eigenvalue weighted by atomic mass is 9.97. The average Bonchev–Trinajstić information content (AvgIpc) is 2.92. The second-order valence-corrected chi connectivity index (χ2v) is 5.56. The average molecular weight is 279 g/mol. The number of likely N-dealkylation sites (tertiary alicyclic amines) is 1. The third-order valence-electron chi connectivity index (χ3n) is 3.96. The van der Waals surface area contributed by atoms with E-state index in [9.17, 15) is 4.79 Å². The van der Waals surface area contributed by atoms with Crippen LogP contribution in [-0.2, 0) is 17.8 Å². The number of amides is 1. The van der Waals surface area contributed by atoms with Gasteiger partial charge in [0.05, 0.1) is 12.2 Å². The first-order valence-corrected chi connectivity index (χ1v) is 7.59. The quantitative estimate of drug-likeness (QED) is 0.836. The number of nitrogens with zero attached hydrogens (tertiary/aromatic N) is 4. The highest BCUT2D eigenvalue weighted by atomic mass is 16.2. The Morgan fingerprint density at radius 1 is 1.45 bits per heavy atom. The van der Waals surface area contributed by atoms with E-state index in [1.807, 2.05) is 9.58 Å². The minimum absolute atomic E-state index is 0.0612. The Labute approximate surface area is 120 Å². The summed E-state index contributed by atoms with van der Waals surface area (Å²) in [7, 11) is 0. The summed E-state index contributed by atoms with van der Waals surface area (Å²) in [5.74, 6) is 0.642. The molecule has 2 N–H and O–H groups in total. The summed E-state index contributed by atoms with van der Waals surface area (Å²) < 4.78 is 1.95. The van der Waals surface area contributed by atoms with Gasteiger partial charge in [-0.1, -0.05) is 18.6 Å². The van der Waals surface area contributed by atoms with Gasteiger partial charge in [0.2, 0.25) is 5.91 Å². The van der Waals surface area contributed by atoms with E-state index in [0.717, 1.165) is 51.0 Å². The monoisotopic (exact) mass is 279 g/mol. The van der Waals surface area contributed by atoms with Gasteiger partial charge < -0.3 is 10.6 Å². The van der Waals surface area contributed by atoms with Gasteiger partial charge in [-0.2, -0.15) is 0 Å². The van der Waals surface area contributed by atoms with Crippen molar-refractivity contribution < 1.29 is 4.79 Å². The van der Waals surface area contributed by atoms with Gasteiger partial charge in [-0.3, -0.25) is 9.48 Å². The Balaban J connectivity index is 1.77. The maximum atomic E-state index is 11.5. The van der Waals surface area contributed by atoms with Crippen LogP contribution in [0.5, 0.6) is 0 Å². The van der Waals surface area contributed by atoms with E-state index in [1.165, 1.54) is 6.42 Å². The molecular weight excluding hydrogens is 254 g/mol. The largest absolute Gasteiger partial charge is 0.342 e. The summed E-state index contributed by atoms with van der Waals surface area (Å²) >= 11 is 0. The fourth-order valence-electron chi connectivity index (χ4n) is 2.66. The van der Waals surface area contributed by atoms with E-state index >= 15 is 0 Å². The van der Waals surface area contributed by atoms with Crippen LogP contribution in [0.3, 0.4) is 0 Å². The van der Waals surface area contributed by atoms with E-state index < -0.39 is 0 Å². The maximum Gasteiger partial charge on any atom is 0.236 e. The van der Waals surface area contributed by atoms with Crippen LogP contribution in [0.25, 0.3) is 0 Å². The summed E-state index contributed by atoms with van der Waals surface area (Å²) in [6.45, 7) is 4.84. The first-order valence-electron chi connectivity index (χ1n) is 7.59. The van der Waals surface area contributed by atoms with Gasteiger partial charge in [-0.25, -0.2) is 0 Å². The second kappa shape index (κ2) is 7.38. The molecule has 6 heteroatoms. The van der Waals surface area contributed by atoms with Gasteiger partial charge in [-0.05, 0) is 31.6 Å². The highest BCUT2D eigenvalue weighted by molar-refractivity contribution is 5.78. The van der Waals surface area contributed by atoms with Crippen molar-refractivity contribution >= 4 is 5.91 Å². The van der Waals surface area contributed by atoms with Gasteiger partial charge in [0.25, 0.3) is 0 Å². The zero-order valence-electron chi connectivity index (χ0n) is 12.3. The van der Waals surface area contributed by atoms with E-state index in [-0.39, 0.29) is 12.5 Å². The molecule has 1 aliphatic rings. The van der Waals surface area contributed by atoms with Crippen molar-refractivity contribution in [3.8, 4) is 0 Å². The number of nitrogens with two attached hydrogens (primary N) is 1. The van der Waals surface area contributed by atoms with Crippen LogP contribution in [0.4, 0.5) is 0 Å². The van der Waals surface area contributed by atoms with Crippen LogP contribution in [0.1, 0.15) is 38.3 Å². The molecule has 0 radical (unpaired) electrons. The fraction of sp³-hybridized carbons (Fsp3) is 0.786. The number of hydrogen-bond donors (Lipinski definition) is 1. The molecule has 1 aliphatic heterocycles. The Morgan fingerprint density at radius 3 is 2.85 bits per heavy atom. The van der Waals surface area contributed by atoms with E-state index in [0.29, 0.717) is 5.92 Å². The Bertz CT molecular complexity index is 423. The second-order valence-electron chi connectivity index (χ2n) is 5.56. The van der Waals surface area contributed by atoms with Crippen LogP contribution in [0.2, 0.25) is 0 Å². The Kier molecular flexibility index (Phi) is 5.52. The zero-order chi connectivity index (χ0) is 14.4. The van der Waals surface area contributed by atoms with Crippen molar-refractivity contribution in [2.75, 3.05) is 19.6 Å². The molecule has 0 bridgehead atoms. The van der Waals surface area contributed by atoms with Crippen LogP contribution < -0.4 is 5.73 Å². The molecule has 1 fully saturated rings. The van der Waals surface area contributed by atoms with Crippen molar-refractivity contribution in [2.24, 2.45) is 11.7 Å². The summed E-state index contributed by atoms with van der Waals surface area (Å²) in [5, 5.41) is 8.41. The van der Waals surface area contributed by atoms with Gasteiger partial charge in [0.1, 0.15) is 0 Å². The molecule has 6 nitrogen and oxygen atoms in total. The third kappa shape index (κ3) is 4.03. The summed E-state index contributed by atoms with van der Waals surface area (Å²) in [5.41, 5.74) is 6.48. The number of carbonyl (C=O) groups excluding carboxylic acids is 1. The molecule has 0 unspecified atom stereocenters. The lowest BCUT2D eigenvalue weighted by molar-refractivity contribution is -0.131. The van der Waals surface area contributed by atoms with Crippen LogP contribution in [-0.4, -0.2) is 45.4 Å². The van der Waals surface area contributed by atoms with Crippen molar-refractivity contribution in [3.63, 3.8) is 0 Å². The maximum absolute atomic E-state index is 11.5. The first kappa shape index (κ1) is 15.0. The van der Waals surface area contributed by atoms with Crippen LogP contribution in [0.15, 0.2) is 6.20 Å². The number of rotatable bonds is 6. The van der Waals surface area contributed by atoms with E-state index in [4.69, 9.17) is 5.73 Å². The molecule has 112 valence electrons. The molecule has 0 aliphatic carbocycles. The molecular formula is C14H25N5O. The topological polar surface area (TPSA) is 77.0 Å². The molecule has 2 heterocycles.